The highest BCUT2D eigenvalue weighted by atomic mass is 35.5. The summed E-state index contributed by atoms with van der Waals surface area (Å²) in [5.41, 5.74) is 0. The second kappa shape index (κ2) is 3.51. The predicted molar refractivity (Wildman–Crippen MR) is 29.8 cm³/mol. The summed E-state index contributed by atoms with van der Waals surface area (Å²) in [4.78, 5) is 0.303. The third-order valence-corrected chi connectivity index (χ3v) is 0.545. The van der Waals surface area contributed by atoms with E-state index in [1.807, 2.05) is 6.92 Å². The van der Waals surface area contributed by atoms with Crippen LogP contribution in [0.3, 0.4) is 0 Å². The third kappa shape index (κ3) is 4.32. The van der Waals surface area contributed by atoms with Crippen molar-refractivity contribution in [2.75, 3.05) is 0 Å². The van der Waals surface area contributed by atoms with Gasteiger partial charge in [-0.05, 0) is 13.0 Å². The van der Waals surface area contributed by atoms with E-state index in [0.29, 0.717) is 4.84 Å². The number of allylic oxidation sites excluding steroid dienone is 2. The lowest BCUT2D eigenvalue weighted by Gasteiger charge is -1.78. The van der Waals surface area contributed by atoms with Gasteiger partial charge < -0.3 is 0 Å². The zero-order valence-electron chi connectivity index (χ0n) is 3.41. The Morgan fingerprint density at radius 3 is 2.00 bits per heavy atom. The molecule has 1 radical (unpaired) electrons. The molecule has 35 valence electrons. The molecule has 0 N–H and O–H groups in total. The zero-order valence-corrected chi connectivity index (χ0v) is 4.92. The van der Waals surface area contributed by atoms with Gasteiger partial charge in [0, 0.05) is 0 Å². The lowest BCUT2D eigenvalue weighted by Crippen LogP contribution is -1.57. The van der Waals surface area contributed by atoms with Crippen molar-refractivity contribution < 1.29 is 0 Å². The first kappa shape index (κ1) is 6.32. The molecule has 0 aromatic heterocycles. The molecule has 0 nitrogen and oxygen atoms in total. The van der Waals surface area contributed by atoms with Gasteiger partial charge in [-0.25, -0.2) is 0 Å². The Morgan fingerprint density at radius 2 is 2.00 bits per heavy atom. The van der Waals surface area contributed by atoms with E-state index in [9.17, 15) is 0 Å². The van der Waals surface area contributed by atoms with Crippen molar-refractivity contribution in [2.24, 2.45) is 0 Å². The molecule has 0 fully saturated rings. The van der Waals surface area contributed by atoms with E-state index in [-0.39, 0.29) is 0 Å². The molecule has 0 aliphatic rings. The fourth-order valence-corrected chi connectivity index (χ4v) is 0.378. The fourth-order valence-electron chi connectivity index (χ4n) is 0.126. The number of rotatable bonds is 1. The Hall–Kier alpha value is 0.320. The average molecular weight is 124 g/mol. The minimum absolute atomic E-state index is 0.303. The molecular weight excluding hydrogens is 119 g/mol. The molecule has 0 atom stereocenters. The number of hydrogen-bond acceptors (Lipinski definition) is 0. The van der Waals surface area contributed by atoms with Crippen molar-refractivity contribution in [2.45, 2.75) is 6.92 Å². The molecule has 0 rings (SSSR count). The highest BCUT2D eigenvalue weighted by molar-refractivity contribution is 6.53. The highest BCUT2D eigenvalue weighted by Gasteiger charge is 1.85. The van der Waals surface area contributed by atoms with Crippen LogP contribution in [0.1, 0.15) is 6.92 Å². The molecule has 0 aromatic carbocycles. The average Bonchev–Trinajstić information content (AvgIpc) is 1.35. The van der Waals surface area contributed by atoms with Gasteiger partial charge in [-0.2, -0.15) is 0 Å². The molecule has 0 amide bonds. The molecule has 0 aromatic rings. The van der Waals surface area contributed by atoms with E-state index in [2.05, 4.69) is 0 Å². The van der Waals surface area contributed by atoms with Gasteiger partial charge in [-0.1, -0.05) is 29.3 Å². The molecule has 0 aliphatic heterocycles. The van der Waals surface area contributed by atoms with Crippen LogP contribution in [0.25, 0.3) is 0 Å². The summed E-state index contributed by atoms with van der Waals surface area (Å²) >= 11 is 10.3. The first-order chi connectivity index (χ1) is 2.77. The Labute approximate surface area is 47.8 Å². The standard InChI is InChI=1S/C4H5Cl2/c1-2-3-4(5)6/h2-3H,1H3. The molecule has 0 saturated carbocycles. The largest absolute Gasteiger partial charge is 0.172 e. The minimum Gasteiger partial charge on any atom is -0.0932 e. The van der Waals surface area contributed by atoms with Crippen molar-refractivity contribution in [3.63, 3.8) is 0 Å². The Bertz CT molecular complexity index is 47.5. The van der Waals surface area contributed by atoms with Gasteiger partial charge in [-0.15, -0.1) is 0 Å². The molecule has 0 bridgehead atoms. The maximum absolute atomic E-state index is 5.17. The van der Waals surface area contributed by atoms with E-state index in [0.717, 1.165) is 0 Å². The van der Waals surface area contributed by atoms with Gasteiger partial charge in [0.2, 0.25) is 0 Å². The van der Waals surface area contributed by atoms with Crippen molar-refractivity contribution in [3.05, 3.63) is 17.0 Å². The summed E-state index contributed by atoms with van der Waals surface area (Å²) in [5.74, 6) is 0. The second-order valence-corrected chi connectivity index (χ2v) is 1.80. The van der Waals surface area contributed by atoms with E-state index in [4.69, 9.17) is 23.2 Å². The van der Waals surface area contributed by atoms with Gasteiger partial charge in [-0.3, -0.25) is 0 Å². The topological polar surface area (TPSA) is 0 Å². The van der Waals surface area contributed by atoms with Crippen LogP contribution in [0.15, 0.2) is 12.2 Å². The van der Waals surface area contributed by atoms with Gasteiger partial charge in [0.25, 0.3) is 0 Å². The number of hydrogen-bond donors (Lipinski definition) is 0. The van der Waals surface area contributed by atoms with Crippen LogP contribution >= 0.6 is 23.2 Å². The van der Waals surface area contributed by atoms with Crippen LogP contribution in [0.2, 0.25) is 0 Å². The quantitative estimate of drug-likeness (QED) is 0.503. The van der Waals surface area contributed by atoms with Gasteiger partial charge in [0.15, 0.2) is 4.84 Å². The van der Waals surface area contributed by atoms with Crippen molar-refractivity contribution in [1.82, 2.24) is 0 Å². The normalized spacial score (nSPS) is 11.3. The maximum atomic E-state index is 5.17. The van der Waals surface area contributed by atoms with Gasteiger partial charge in [0.1, 0.15) is 0 Å². The molecule has 0 saturated heterocycles. The first-order valence-corrected chi connectivity index (χ1v) is 2.33. The Kier molecular flexibility index (Phi) is 3.70. The van der Waals surface area contributed by atoms with Gasteiger partial charge >= 0.3 is 0 Å². The molecular formula is C4H5Cl2. The molecule has 2 heteroatoms. The lowest BCUT2D eigenvalue weighted by molar-refractivity contribution is 1.70. The second-order valence-electron chi connectivity index (χ2n) is 0.790. The van der Waals surface area contributed by atoms with Crippen molar-refractivity contribution in [3.8, 4) is 0 Å². The number of halogens is 2. The van der Waals surface area contributed by atoms with Crippen LogP contribution in [-0.4, -0.2) is 0 Å². The fraction of sp³-hybridized carbons (Fsp3) is 0.250. The monoisotopic (exact) mass is 123 g/mol. The first-order valence-electron chi connectivity index (χ1n) is 1.58. The molecule has 0 aliphatic carbocycles. The lowest BCUT2D eigenvalue weighted by atomic mass is 10.6. The summed E-state index contributed by atoms with van der Waals surface area (Å²) in [6, 6.07) is 0. The summed E-state index contributed by atoms with van der Waals surface area (Å²) < 4.78 is 0. The molecule has 0 unspecified atom stereocenters. The van der Waals surface area contributed by atoms with Crippen LogP contribution < -0.4 is 0 Å². The summed E-state index contributed by atoms with van der Waals surface area (Å²) in [6.45, 7) is 1.85. The molecule has 6 heavy (non-hydrogen) atoms. The van der Waals surface area contributed by atoms with Crippen LogP contribution in [0.5, 0.6) is 0 Å². The van der Waals surface area contributed by atoms with Crippen LogP contribution in [0, 0.1) is 4.84 Å². The molecule has 0 heterocycles. The van der Waals surface area contributed by atoms with Crippen LogP contribution in [0.4, 0.5) is 0 Å². The van der Waals surface area contributed by atoms with E-state index < -0.39 is 0 Å². The highest BCUT2D eigenvalue weighted by Crippen LogP contribution is 2.11. The zero-order chi connectivity index (χ0) is 4.99. The summed E-state index contributed by atoms with van der Waals surface area (Å²) in [6.07, 6.45) is 3.39. The SMILES string of the molecule is CC=C[C](Cl)Cl. The molecule has 0 spiro atoms. The summed E-state index contributed by atoms with van der Waals surface area (Å²) in [5, 5.41) is 0. The Balaban J connectivity index is 3.03. The van der Waals surface area contributed by atoms with E-state index in [1.165, 1.54) is 0 Å². The van der Waals surface area contributed by atoms with E-state index >= 15 is 0 Å². The van der Waals surface area contributed by atoms with E-state index in [1.54, 1.807) is 12.2 Å². The van der Waals surface area contributed by atoms with Crippen LogP contribution in [-0.2, 0) is 0 Å². The minimum atomic E-state index is 0.303. The van der Waals surface area contributed by atoms with Crippen molar-refractivity contribution >= 4 is 23.2 Å². The third-order valence-electron chi connectivity index (χ3n) is 0.293. The Morgan fingerprint density at radius 1 is 1.50 bits per heavy atom. The smallest absolute Gasteiger partial charge is 0.0932 e. The maximum Gasteiger partial charge on any atom is 0.172 e. The predicted octanol–water partition coefficient (Wildman–Crippen LogP) is 2.53. The van der Waals surface area contributed by atoms with Crippen molar-refractivity contribution in [1.29, 1.82) is 0 Å². The summed E-state index contributed by atoms with van der Waals surface area (Å²) in [7, 11) is 0. The van der Waals surface area contributed by atoms with Gasteiger partial charge in [0.05, 0.1) is 0 Å².